The van der Waals surface area contributed by atoms with Gasteiger partial charge in [0.05, 0.1) is 23.9 Å². The second kappa shape index (κ2) is 18.4. The van der Waals surface area contributed by atoms with E-state index in [1.807, 2.05) is 0 Å². The first kappa shape index (κ1) is 32.3. The number of carboxylic acids is 4. The Morgan fingerprint density at radius 2 is 0.739 bits per heavy atom. The summed E-state index contributed by atoms with van der Waals surface area (Å²) in [6, 6.07) is 0. The van der Waals surface area contributed by atoms with Crippen LogP contribution in [0.1, 0.15) is 0 Å². The molecule has 10 nitrogen and oxygen atoms in total. The third-order valence-electron chi connectivity index (χ3n) is 2.14. The van der Waals surface area contributed by atoms with E-state index in [0.29, 0.717) is 0 Å². The van der Waals surface area contributed by atoms with Gasteiger partial charge in [-0.15, -0.1) is 0 Å². The van der Waals surface area contributed by atoms with E-state index in [2.05, 4.69) is 0 Å². The van der Waals surface area contributed by atoms with Crippen LogP contribution in [0.2, 0.25) is 0 Å². The Kier molecular flexibility index (Phi) is 25.8. The Balaban J connectivity index is -0.000000602. The van der Waals surface area contributed by atoms with Crippen molar-refractivity contribution in [2.45, 2.75) is 0 Å². The van der Waals surface area contributed by atoms with Gasteiger partial charge in [0, 0.05) is 39.3 Å². The maximum absolute atomic E-state index is 10.4. The quantitative estimate of drug-likeness (QED) is 0.287. The molecule has 0 bridgehead atoms. The normalized spacial score (nSPS) is 9.30. The fraction of sp³-hybridized carbons (Fsp3) is 0.600. The first-order valence-corrected chi connectivity index (χ1v) is 5.44. The van der Waals surface area contributed by atoms with Crippen molar-refractivity contribution in [3.63, 3.8) is 0 Å². The van der Waals surface area contributed by atoms with E-state index in [1.165, 1.54) is 0 Å². The molecule has 1 radical (unpaired) electrons. The summed E-state index contributed by atoms with van der Waals surface area (Å²) in [7, 11) is 0. The van der Waals surface area contributed by atoms with Gasteiger partial charge in [-0.05, 0) is 0 Å². The van der Waals surface area contributed by atoms with Gasteiger partial charge in [0.2, 0.25) is 0 Å². The van der Waals surface area contributed by atoms with Gasteiger partial charge in [-0.3, -0.25) is 9.80 Å². The van der Waals surface area contributed by atoms with Crippen LogP contribution in [-0.2, 0) is 36.2 Å². The molecule has 0 aliphatic heterocycles. The van der Waals surface area contributed by atoms with Gasteiger partial charge in [0.1, 0.15) is 0 Å². The zero-order valence-corrected chi connectivity index (χ0v) is 19.9. The van der Waals surface area contributed by atoms with Crippen LogP contribution in [0.5, 0.6) is 0 Å². The van der Waals surface area contributed by atoms with Gasteiger partial charge >= 0.3 is 120 Å². The number of nitrogens with zero attached hydrogens (tertiary/aromatic N) is 2. The fourth-order valence-corrected chi connectivity index (χ4v) is 1.44. The van der Waals surface area contributed by atoms with Crippen LogP contribution in [0.3, 0.4) is 0 Å². The largest absolute Gasteiger partial charge is 2.00 e. The third kappa shape index (κ3) is 21.5. The zero-order chi connectivity index (χ0) is 15.7. The topological polar surface area (TPSA) is 167 Å². The predicted octanol–water partition coefficient (Wildman–Crippen LogP) is -13.4. The summed E-state index contributed by atoms with van der Waals surface area (Å²) in [4.78, 5) is 43.4. The van der Waals surface area contributed by atoms with Gasteiger partial charge in [-0.1, -0.05) is 0 Å². The van der Waals surface area contributed by atoms with Gasteiger partial charge < -0.3 is 39.6 Å². The molecular weight excluding hydrogens is 418 g/mol. The van der Waals surface area contributed by atoms with E-state index in [0.717, 1.165) is 9.80 Å². The summed E-state index contributed by atoms with van der Waals surface area (Å²) < 4.78 is 0. The maximum Gasteiger partial charge on any atom is 2.00 e. The minimum absolute atomic E-state index is 0. The average Bonchev–Trinajstić information content (AvgIpc) is 2.22. The Morgan fingerprint density at radius 3 is 0.870 bits per heavy atom. The molecule has 0 atom stereocenters. The second-order valence-corrected chi connectivity index (χ2v) is 3.91. The molecule has 0 aliphatic rings. The van der Waals surface area contributed by atoms with Crippen LogP contribution in [0.4, 0.5) is 0 Å². The standard InChI is InChI=1S/C10H16N2O8.Cu.2K/c13-7(14)3-11(4-8(15)16)1-2-12(5-9(17)18)6-10(19)20;;;/h1-6H2,(H,13,14)(H,15,16)(H,17,18)(H,19,20);;;/q;+2;2*+1/p-4. The molecule has 0 saturated carbocycles. The number of hydrogen-bond acceptors (Lipinski definition) is 10. The molecule has 0 aromatic carbocycles. The molecule has 123 valence electrons. The van der Waals surface area contributed by atoms with Crippen LogP contribution < -0.4 is 123 Å². The molecule has 0 unspecified atom stereocenters. The summed E-state index contributed by atoms with van der Waals surface area (Å²) in [6.07, 6.45) is 0. The van der Waals surface area contributed by atoms with E-state index < -0.39 is 50.1 Å². The minimum Gasteiger partial charge on any atom is -0.549 e. The summed E-state index contributed by atoms with van der Waals surface area (Å²) in [5.41, 5.74) is 0. The number of carboxylic acid groups (broad SMARTS) is 4. The van der Waals surface area contributed by atoms with Crippen LogP contribution in [0.15, 0.2) is 0 Å². The van der Waals surface area contributed by atoms with E-state index in [9.17, 15) is 39.6 Å². The smallest absolute Gasteiger partial charge is 0.549 e. The zero-order valence-electron chi connectivity index (χ0n) is 12.7. The summed E-state index contributed by atoms with van der Waals surface area (Å²) in [6.45, 7) is -3.25. The first-order valence-electron chi connectivity index (χ1n) is 5.44. The molecule has 13 heteroatoms. The molecule has 0 spiro atoms. The number of rotatable bonds is 11. The molecule has 0 aliphatic carbocycles. The van der Waals surface area contributed by atoms with Crippen LogP contribution >= 0.6 is 0 Å². The Morgan fingerprint density at radius 1 is 0.565 bits per heavy atom. The van der Waals surface area contributed by atoms with E-state index >= 15 is 0 Å². The van der Waals surface area contributed by atoms with E-state index in [1.54, 1.807) is 0 Å². The van der Waals surface area contributed by atoms with Crippen LogP contribution in [0, 0.1) is 0 Å². The number of carbonyl (C=O) groups excluding carboxylic acids is 4. The Bertz CT molecular complexity index is 331. The number of carbonyl (C=O) groups is 4. The SMILES string of the molecule is O=C([O-])CN(CCN(CC(=O)[O-])CC(=O)[O-])CC(=O)[O-].[Cu+2].[K+].[K+]. The predicted molar refractivity (Wildman–Crippen MR) is 52.9 cm³/mol. The molecule has 0 heterocycles. The van der Waals surface area contributed by atoms with Gasteiger partial charge in [-0.2, -0.15) is 0 Å². The molecular formula is C10H12CuK2N2O8. The van der Waals surface area contributed by atoms with E-state index in [4.69, 9.17) is 0 Å². The molecule has 0 N–H and O–H groups in total. The molecule has 0 aromatic heterocycles. The first-order chi connectivity index (χ1) is 9.20. The molecule has 0 rings (SSSR count). The monoisotopic (exact) mass is 429 g/mol. The van der Waals surface area contributed by atoms with Crippen molar-refractivity contribution in [3.8, 4) is 0 Å². The molecule has 0 amide bonds. The Hall–Kier alpha value is 1.59. The van der Waals surface area contributed by atoms with Gasteiger partial charge in [0.15, 0.2) is 0 Å². The van der Waals surface area contributed by atoms with E-state index in [-0.39, 0.29) is 133 Å². The van der Waals surface area contributed by atoms with Crippen molar-refractivity contribution in [1.82, 2.24) is 9.80 Å². The average molecular weight is 430 g/mol. The number of aliphatic carboxylic acids is 4. The summed E-state index contributed by atoms with van der Waals surface area (Å²) in [5, 5.41) is 41.6. The number of hydrogen-bond donors (Lipinski definition) is 0. The fourth-order valence-electron chi connectivity index (χ4n) is 1.44. The van der Waals surface area contributed by atoms with Crippen molar-refractivity contribution in [1.29, 1.82) is 0 Å². The van der Waals surface area contributed by atoms with Gasteiger partial charge in [-0.25, -0.2) is 0 Å². The Labute approximate surface area is 228 Å². The van der Waals surface area contributed by atoms with Crippen LogP contribution in [0.25, 0.3) is 0 Å². The third-order valence-corrected chi connectivity index (χ3v) is 2.14. The summed E-state index contributed by atoms with van der Waals surface area (Å²) >= 11 is 0. The molecule has 23 heavy (non-hydrogen) atoms. The van der Waals surface area contributed by atoms with Crippen LogP contribution in [-0.4, -0.2) is 72.9 Å². The minimum atomic E-state index is -1.53. The molecule has 0 fully saturated rings. The van der Waals surface area contributed by atoms with Crippen molar-refractivity contribution in [3.05, 3.63) is 0 Å². The maximum atomic E-state index is 10.4. The molecule has 0 saturated heterocycles. The molecule has 0 aromatic rings. The van der Waals surface area contributed by atoms with Crippen molar-refractivity contribution in [2.75, 3.05) is 39.3 Å². The van der Waals surface area contributed by atoms with Crippen molar-refractivity contribution >= 4 is 23.9 Å². The van der Waals surface area contributed by atoms with Crippen molar-refractivity contribution < 1.29 is 159 Å². The second-order valence-electron chi connectivity index (χ2n) is 3.91. The van der Waals surface area contributed by atoms with Crippen molar-refractivity contribution in [2.24, 2.45) is 0 Å². The van der Waals surface area contributed by atoms with Gasteiger partial charge in [0.25, 0.3) is 0 Å². The summed E-state index contributed by atoms with van der Waals surface area (Å²) in [5.74, 6) is -6.12.